The Hall–Kier alpha value is -3.32. The van der Waals surface area contributed by atoms with Crippen molar-refractivity contribution in [3.8, 4) is 0 Å². The van der Waals surface area contributed by atoms with Crippen molar-refractivity contribution in [2.75, 3.05) is 38.8 Å². The summed E-state index contributed by atoms with van der Waals surface area (Å²) in [4.78, 5) is 48.0. The van der Waals surface area contributed by atoms with Crippen molar-refractivity contribution < 1.29 is 42.9 Å². The topological polar surface area (TPSA) is 157 Å². The van der Waals surface area contributed by atoms with E-state index < -0.39 is 35.7 Å². The van der Waals surface area contributed by atoms with Crippen LogP contribution in [0.25, 0.3) is 0 Å². The van der Waals surface area contributed by atoms with Gasteiger partial charge >= 0.3 is 6.09 Å². The Morgan fingerprint density at radius 1 is 1.11 bits per heavy atom. The molecular formula is C33H47N3O9. The zero-order chi connectivity index (χ0) is 32.8. The number of carbonyl (C=O) groups excluding carboxylic acids is 4. The molecule has 4 rings (SSSR count). The number of carbonyl (C=O) groups is 4. The predicted molar refractivity (Wildman–Crippen MR) is 166 cm³/mol. The lowest BCUT2D eigenvalue weighted by Gasteiger charge is -2.42. The third-order valence-corrected chi connectivity index (χ3v) is 8.71. The monoisotopic (exact) mass is 629 g/mol. The van der Waals surface area contributed by atoms with Gasteiger partial charge < -0.3 is 39.6 Å². The van der Waals surface area contributed by atoms with Crippen LogP contribution in [0.15, 0.2) is 35.9 Å². The van der Waals surface area contributed by atoms with Crippen molar-refractivity contribution >= 4 is 29.4 Å². The van der Waals surface area contributed by atoms with E-state index in [0.717, 1.165) is 18.4 Å². The first-order chi connectivity index (χ1) is 21.4. The highest BCUT2D eigenvalue weighted by molar-refractivity contribution is 5.97. The van der Waals surface area contributed by atoms with E-state index >= 15 is 0 Å². The molecule has 1 spiro atoms. The SMILES string of the molecule is CO[C@H]1[C@H](C2(C)O[C@@H]2CC=C(C)C)[C@]2(CC[C@H]1OC(=O)NCCc1ccc(NC(=O)[C@H](C)NC(=O)COCC(C)=O)cc1)CO2. The second-order valence-electron chi connectivity index (χ2n) is 12.7. The van der Waals surface area contributed by atoms with E-state index in [9.17, 15) is 19.2 Å². The van der Waals surface area contributed by atoms with E-state index in [1.807, 2.05) is 12.1 Å². The fraction of sp³-hybridized carbons (Fsp3) is 0.636. The molecule has 248 valence electrons. The number of hydrogen-bond donors (Lipinski definition) is 3. The summed E-state index contributed by atoms with van der Waals surface area (Å²) in [7, 11) is 1.65. The first-order valence-corrected chi connectivity index (χ1v) is 15.6. The largest absolute Gasteiger partial charge is 0.443 e. The molecule has 2 aliphatic heterocycles. The molecule has 45 heavy (non-hydrogen) atoms. The molecule has 12 heteroatoms. The van der Waals surface area contributed by atoms with Gasteiger partial charge in [-0.15, -0.1) is 0 Å². The normalized spacial score (nSPS) is 28.8. The Kier molecular flexibility index (Phi) is 11.4. The van der Waals surface area contributed by atoms with Crippen molar-refractivity contribution in [3.05, 3.63) is 41.5 Å². The molecule has 0 aromatic heterocycles. The summed E-state index contributed by atoms with van der Waals surface area (Å²) in [5.74, 6) is -1.11. The minimum Gasteiger partial charge on any atom is -0.443 e. The zero-order valence-corrected chi connectivity index (χ0v) is 27.1. The summed E-state index contributed by atoms with van der Waals surface area (Å²) in [6, 6.07) is 6.41. The van der Waals surface area contributed by atoms with E-state index in [4.69, 9.17) is 23.7 Å². The maximum atomic E-state index is 12.8. The van der Waals surface area contributed by atoms with Gasteiger partial charge in [-0.2, -0.15) is 0 Å². The number of methoxy groups -OCH3 is 1. The van der Waals surface area contributed by atoms with Crippen LogP contribution in [0.4, 0.5) is 10.5 Å². The van der Waals surface area contributed by atoms with E-state index in [-0.39, 0.29) is 42.7 Å². The third kappa shape index (κ3) is 9.12. The average Bonchev–Trinajstić information content (AvgIpc) is 3.90. The van der Waals surface area contributed by atoms with Crippen LogP contribution in [0.5, 0.6) is 0 Å². The molecule has 1 unspecified atom stereocenters. The molecule has 3 amide bonds. The van der Waals surface area contributed by atoms with Crippen LogP contribution in [0.1, 0.15) is 59.4 Å². The lowest BCUT2D eigenvalue weighted by atomic mass is 9.68. The number of alkyl carbamates (subject to hydrolysis) is 1. The Morgan fingerprint density at radius 2 is 1.82 bits per heavy atom. The lowest BCUT2D eigenvalue weighted by Crippen LogP contribution is -2.56. The van der Waals surface area contributed by atoms with Crippen molar-refractivity contribution in [2.45, 2.75) is 95.9 Å². The Labute approximate surface area is 264 Å². The molecule has 2 saturated heterocycles. The highest BCUT2D eigenvalue weighted by atomic mass is 16.6. The fourth-order valence-corrected chi connectivity index (χ4v) is 6.20. The van der Waals surface area contributed by atoms with Gasteiger partial charge in [0.2, 0.25) is 11.8 Å². The van der Waals surface area contributed by atoms with Crippen molar-refractivity contribution in [2.24, 2.45) is 5.92 Å². The summed E-state index contributed by atoms with van der Waals surface area (Å²) < 4.78 is 29.0. The first-order valence-electron chi connectivity index (χ1n) is 15.6. The second kappa shape index (κ2) is 14.8. The Morgan fingerprint density at radius 3 is 2.44 bits per heavy atom. The molecule has 7 atom stereocenters. The molecule has 1 saturated carbocycles. The summed E-state index contributed by atoms with van der Waals surface area (Å²) in [6.07, 6.45) is 3.85. The van der Waals surface area contributed by atoms with E-state index in [1.165, 1.54) is 12.5 Å². The van der Waals surface area contributed by atoms with Gasteiger partial charge in [-0.3, -0.25) is 14.4 Å². The zero-order valence-electron chi connectivity index (χ0n) is 27.1. The number of hydrogen-bond acceptors (Lipinski definition) is 9. The molecule has 1 aromatic rings. The number of ketones is 1. The van der Waals surface area contributed by atoms with Gasteiger partial charge in [0.05, 0.1) is 18.6 Å². The van der Waals surface area contributed by atoms with Crippen LogP contribution in [-0.2, 0) is 44.5 Å². The van der Waals surface area contributed by atoms with Gasteiger partial charge in [0.15, 0.2) is 5.78 Å². The average molecular weight is 630 g/mol. The van der Waals surface area contributed by atoms with Gasteiger partial charge in [-0.25, -0.2) is 4.79 Å². The van der Waals surface area contributed by atoms with Crippen LogP contribution < -0.4 is 16.0 Å². The number of ether oxygens (including phenoxy) is 5. The predicted octanol–water partition coefficient (Wildman–Crippen LogP) is 3.08. The minimum absolute atomic E-state index is 0.0397. The molecule has 2 heterocycles. The Bertz CT molecular complexity index is 1260. The fourth-order valence-electron chi connectivity index (χ4n) is 6.20. The van der Waals surface area contributed by atoms with Crippen LogP contribution in [0.2, 0.25) is 0 Å². The van der Waals surface area contributed by atoms with Crippen LogP contribution in [0, 0.1) is 5.92 Å². The highest BCUT2D eigenvalue weighted by Gasteiger charge is 2.72. The van der Waals surface area contributed by atoms with Gasteiger partial charge in [-0.05, 0) is 78.0 Å². The maximum Gasteiger partial charge on any atom is 0.407 e. The molecule has 12 nitrogen and oxygen atoms in total. The molecule has 1 aliphatic carbocycles. The smallest absolute Gasteiger partial charge is 0.407 e. The minimum atomic E-state index is -0.795. The molecular weight excluding hydrogens is 582 g/mol. The summed E-state index contributed by atoms with van der Waals surface area (Å²) in [5.41, 5.74) is 2.09. The first kappa shape index (κ1) is 34.6. The van der Waals surface area contributed by atoms with E-state index in [2.05, 4.69) is 42.8 Å². The quantitative estimate of drug-likeness (QED) is 0.196. The summed E-state index contributed by atoms with van der Waals surface area (Å²) in [6.45, 7) is 9.76. The number of allylic oxidation sites excluding steroid dienone is 1. The molecule has 3 aliphatic rings. The standard InChI is InChI=1S/C33H47N3O9/c1-20(2)7-12-26-32(5,45-26)29-28(41-6)25(13-15-33(29)19-43-33)44-31(40)34-16-14-23-8-10-24(11-9-23)36-30(39)22(4)35-27(38)18-42-17-21(3)37/h7-11,22,25-26,28-29H,12-19H2,1-6H3,(H,34,40)(H,35,38)(H,36,39)/t22-,25+,26+,28+,29+,32?,33-/m0/s1. The van der Waals surface area contributed by atoms with Gasteiger partial charge in [0, 0.05) is 19.3 Å². The second-order valence-corrected chi connectivity index (χ2v) is 12.7. The third-order valence-electron chi connectivity index (χ3n) is 8.71. The molecule has 0 bridgehead atoms. The molecule has 0 radical (unpaired) electrons. The van der Waals surface area contributed by atoms with Gasteiger partial charge in [0.25, 0.3) is 0 Å². The van der Waals surface area contributed by atoms with Crippen molar-refractivity contribution in [1.82, 2.24) is 10.6 Å². The van der Waals surface area contributed by atoms with E-state index in [0.29, 0.717) is 31.7 Å². The van der Waals surface area contributed by atoms with Crippen LogP contribution in [0.3, 0.4) is 0 Å². The lowest BCUT2D eigenvalue weighted by molar-refractivity contribution is -0.131. The molecule has 1 aromatic carbocycles. The van der Waals surface area contributed by atoms with E-state index in [1.54, 1.807) is 26.2 Å². The van der Waals surface area contributed by atoms with Gasteiger partial charge in [0.1, 0.15) is 42.7 Å². The van der Waals surface area contributed by atoms with Crippen LogP contribution >= 0.6 is 0 Å². The number of epoxide rings is 2. The number of benzene rings is 1. The van der Waals surface area contributed by atoms with Crippen molar-refractivity contribution in [3.63, 3.8) is 0 Å². The number of rotatable bonds is 15. The number of amides is 3. The number of anilines is 1. The summed E-state index contributed by atoms with van der Waals surface area (Å²) in [5, 5.41) is 8.12. The van der Waals surface area contributed by atoms with Crippen LogP contribution in [-0.4, -0.2) is 92.7 Å². The molecule has 3 fully saturated rings. The maximum absolute atomic E-state index is 12.8. The number of Topliss-reactive ketones (excluding diaryl/α,β-unsaturated/α-hetero) is 1. The Balaban J connectivity index is 1.21. The van der Waals surface area contributed by atoms with Crippen molar-refractivity contribution in [1.29, 1.82) is 0 Å². The summed E-state index contributed by atoms with van der Waals surface area (Å²) >= 11 is 0. The number of nitrogens with one attached hydrogen (secondary N) is 3. The molecule has 3 N–H and O–H groups in total. The van der Waals surface area contributed by atoms with Gasteiger partial charge in [-0.1, -0.05) is 23.8 Å². The highest BCUT2D eigenvalue weighted by Crippen LogP contribution is 2.59.